The second-order valence-corrected chi connectivity index (χ2v) is 8.07. The normalized spacial score (nSPS) is 10.9. The Labute approximate surface area is 191 Å². The molecule has 5 nitrogen and oxygen atoms in total. The van der Waals surface area contributed by atoms with Gasteiger partial charge in [-0.1, -0.05) is 68.7 Å². The lowest BCUT2D eigenvalue weighted by Crippen LogP contribution is -2.27. The van der Waals surface area contributed by atoms with Gasteiger partial charge in [-0.25, -0.2) is 4.98 Å². The molecule has 32 heavy (non-hydrogen) atoms. The van der Waals surface area contributed by atoms with Crippen LogP contribution in [0.1, 0.15) is 54.1 Å². The zero-order valence-corrected chi connectivity index (χ0v) is 18.9. The van der Waals surface area contributed by atoms with Gasteiger partial charge in [0.2, 0.25) is 11.8 Å². The molecular weight excluding hydrogens is 398 g/mol. The van der Waals surface area contributed by atoms with E-state index in [4.69, 9.17) is 10.5 Å². The number of aromatic nitrogens is 1. The molecule has 3 rings (SSSR count). The number of carbonyl (C=O) groups is 1. The highest BCUT2D eigenvalue weighted by atomic mass is 16.5. The van der Waals surface area contributed by atoms with Gasteiger partial charge < -0.3 is 10.5 Å². The summed E-state index contributed by atoms with van der Waals surface area (Å²) in [6, 6.07) is 22.1. The number of amides is 1. The Morgan fingerprint density at radius 3 is 2.34 bits per heavy atom. The van der Waals surface area contributed by atoms with Crippen molar-refractivity contribution in [3.63, 3.8) is 0 Å². The van der Waals surface area contributed by atoms with Crippen molar-refractivity contribution < 1.29 is 9.53 Å². The van der Waals surface area contributed by atoms with E-state index in [-0.39, 0.29) is 0 Å². The van der Waals surface area contributed by atoms with Gasteiger partial charge in [0.15, 0.2) is 0 Å². The summed E-state index contributed by atoms with van der Waals surface area (Å²) < 4.78 is 5.78. The van der Waals surface area contributed by atoms with Crippen LogP contribution in [-0.2, 0) is 13.0 Å². The van der Waals surface area contributed by atoms with E-state index in [1.54, 1.807) is 12.1 Å². The standard InChI is InChI=1S/C27H33N3O2/c1-2-3-4-8-18-30(21-23-9-6-5-7-10-23)19-17-22-11-14-25(15-12-22)32-26-16-13-24(20-29-26)27(28)31/h5-7,9-16,20H,2-4,8,17-19,21H2,1H3,(H2,28,31). The number of hydrogen-bond acceptors (Lipinski definition) is 4. The first-order chi connectivity index (χ1) is 15.6. The Morgan fingerprint density at radius 1 is 0.906 bits per heavy atom. The number of nitrogens with zero attached hydrogens (tertiary/aromatic N) is 2. The molecule has 5 heteroatoms. The molecule has 1 aromatic heterocycles. The maximum atomic E-state index is 11.1. The molecule has 0 aliphatic rings. The fourth-order valence-electron chi connectivity index (χ4n) is 3.59. The maximum absolute atomic E-state index is 11.1. The Kier molecular flexibility index (Phi) is 9.26. The molecule has 0 radical (unpaired) electrons. The number of unbranched alkanes of at least 4 members (excludes halogenated alkanes) is 3. The molecule has 0 saturated carbocycles. The minimum Gasteiger partial charge on any atom is -0.439 e. The number of primary amides is 1. The summed E-state index contributed by atoms with van der Waals surface area (Å²) >= 11 is 0. The van der Waals surface area contributed by atoms with Crippen molar-refractivity contribution in [2.24, 2.45) is 5.73 Å². The minimum absolute atomic E-state index is 0.363. The third-order valence-corrected chi connectivity index (χ3v) is 5.46. The minimum atomic E-state index is -0.500. The van der Waals surface area contributed by atoms with E-state index >= 15 is 0 Å². The predicted molar refractivity (Wildman–Crippen MR) is 129 cm³/mol. The van der Waals surface area contributed by atoms with E-state index in [0.717, 1.165) is 26.1 Å². The molecule has 0 bridgehead atoms. The molecular formula is C27H33N3O2. The van der Waals surface area contributed by atoms with Gasteiger partial charge in [0, 0.05) is 25.4 Å². The van der Waals surface area contributed by atoms with Gasteiger partial charge in [0.25, 0.3) is 0 Å². The van der Waals surface area contributed by atoms with E-state index in [1.165, 1.54) is 43.0 Å². The Bertz CT molecular complexity index is 941. The van der Waals surface area contributed by atoms with E-state index in [1.807, 2.05) is 12.1 Å². The SMILES string of the molecule is CCCCCCN(CCc1ccc(Oc2ccc(C(N)=O)cn2)cc1)Cc1ccccc1. The van der Waals surface area contributed by atoms with E-state index in [9.17, 15) is 4.79 Å². The number of ether oxygens (including phenoxy) is 1. The summed E-state index contributed by atoms with van der Waals surface area (Å²) in [5, 5.41) is 0. The molecule has 0 saturated heterocycles. The largest absolute Gasteiger partial charge is 0.439 e. The average molecular weight is 432 g/mol. The summed E-state index contributed by atoms with van der Waals surface area (Å²) in [6.45, 7) is 5.39. The molecule has 168 valence electrons. The third kappa shape index (κ3) is 7.82. The fraction of sp³-hybridized carbons (Fsp3) is 0.333. The van der Waals surface area contributed by atoms with Gasteiger partial charge in [0.1, 0.15) is 5.75 Å². The molecule has 1 amide bonds. The monoisotopic (exact) mass is 431 g/mol. The van der Waals surface area contributed by atoms with Crippen LogP contribution in [0.3, 0.4) is 0 Å². The molecule has 0 atom stereocenters. The van der Waals surface area contributed by atoms with Gasteiger partial charge in [-0.3, -0.25) is 9.69 Å². The molecule has 0 spiro atoms. The van der Waals surface area contributed by atoms with E-state index in [2.05, 4.69) is 59.3 Å². The Hall–Kier alpha value is -3.18. The van der Waals surface area contributed by atoms with Crippen LogP contribution in [0.4, 0.5) is 0 Å². The van der Waals surface area contributed by atoms with Gasteiger partial charge in [-0.05, 0) is 48.7 Å². The van der Waals surface area contributed by atoms with Gasteiger partial charge in [0.05, 0.1) is 5.56 Å². The van der Waals surface area contributed by atoms with Crippen molar-refractivity contribution in [3.8, 4) is 11.6 Å². The molecule has 3 aromatic rings. The summed E-state index contributed by atoms with van der Waals surface area (Å²) in [6.07, 6.45) is 7.52. The number of nitrogens with two attached hydrogens (primary N) is 1. The first kappa shape index (κ1) is 23.5. The molecule has 2 aromatic carbocycles. The van der Waals surface area contributed by atoms with Crippen LogP contribution in [0.25, 0.3) is 0 Å². The van der Waals surface area contributed by atoms with Crippen molar-refractivity contribution in [1.29, 1.82) is 0 Å². The predicted octanol–water partition coefficient (Wildman–Crippen LogP) is 5.60. The number of carbonyl (C=O) groups excluding carboxylic acids is 1. The zero-order valence-electron chi connectivity index (χ0n) is 18.9. The first-order valence-electron chi connectivity index (χ1n) is 11.4. The summed E-state index contributed by atoms with van der Waals surface area (Å²) in [5.41, 5.74) is 8.25. The lowest BCUT2D eigenvalue weighted by atomic mass is 10.1. The first-order valence-corrected chi connectivity index (χ1v) is 11.4. The van der Waals surface area contributed by atoms with E-state index in [0.29, 0.717) is 17.2 Å². The quantitative estimate of drug-likeness (QED) is 0.358. The Balaban J connectivity index is 1.53. The maximum Gasteiger partial charge on any atom is 0.250 e. The molecule has 0 unspecified atom stereocenters. The van der Waals surface area contributed by atoms with Crippen LogP contribution in [0.5, 0.6) is 11.6 Å². The van der Waals surface area contributed by atoms with Crippen LogP contribution in [0, 0.1) is 0 Å². The lowest BCUT2D eigenvalue weighted by Gasteiger charge is -2.22. The highest BCUT2D eigenvalue weighted by Crippen LogP contribution is 2.20. The smallest absolute Gasteiger partial charge is 0.250 e. The zero-order chi connectivity index (χ0) is 22.6. The highest BCUT2D eigenvalue weighted by Gasteiger charge is 2.08. The Morgan fingerprint density at radius 2 is 1.69 bits per heavy atom. The van der Waals surface area contributed by atoms with Gasteiger partial charge in [-0.2, -0.15) is 0 Å². The highest BCUT2D eigenvalue weighted by molar-refractivity contribution is 5.92. The van der Waals surface area contributed by atoms with Crippen LogP contribution >= 0.6 is 0 Å². The molecule has 0 aliphatic heterocycles. The summed E-state index contributed by atoms with van der Waals surface area (Å²) in [7, 11) is 0. The lowest BCUT2D eigenvalue weighted by molar-refractivity contribution is 0.1000. The average Bonchev–Trinajstić information content (AvgIpc) is 2.82. The van der Waals surface area contributed by atoms with Crippen molar-refractivity contribution in [1.82, 2.24) is 9.88 Å². The number of pyridine rings is 1. The molecule has 2 N–H and O–H groups in total. The van der Waals surface area contributed by atoms with Crippen molar-refractivity contribution >= 4 is 5.91 Å². The number of hydrogen-bond donors (Lipinski definition) is 1. The van der Waals surface area contributed by atoms with Crippen LogP contribution < -0.4 is 10.5 Å². The van der Waals surface area contributed by atoms with Crippen molar-refractivity contribution in [2.75, 3.05) is 13.1 Å². The molecule has 0 fully saturated rings. The molecule has 1 heterocycles. The van der Waals surface area contributed by atoms with Gasteiger partial charge >= 0.3 is 0 Å². The van der Waals surface area contributed by atoms with Crippen LogP contribution in [-0.4, -0.2) is 28.9 Å². The fourth-order valence-corrected chi connectivity index (χ4v) is 3.59. The second-order valence-electron chi connectivity index (χ2n) is 8.07. The van der Waals surface area contributed by atoms with E-state index < -0.39 is 5.91 Å². The van der Waals surface area contributed by atoms with Crippen molar-refractivity contribution in [3.05, 3.63) is 89.6 Å². The van der Waals surface area contributed by atoms with Crippen molar-refractivity contribution in [2.45, 2.75) is 45.6 Å². The second kappa shape index (κ2) is 12.6. The van der Waals surface area contributed by atoms with Gasteiger partial charge in [-0.15, -0.1) is 0 Å². The topological polar surface area (TPSA) is 68.5 Å². The van der Waals surface area contributed by atoms with Crippen LogP contribution in [0.2, 0.25) is 0 Å². The summed E-state index contributed by atoms with van der Waals surface area (Å²) in [5.74, 6) is 0.651. The van der Waals surface area contributed by atoms with Crippen LogP contribution in [0.15, 0.2) is 72.9 Å². The summed E-state index contributed by atoms with van der Waals surface area (Å²) in [4.78, 5) is 17.8. The molecule has 0 aliphatic carbocycles. The third-order valence-electron chi connectivity index (χ3n) is 5.46. The number of rotatable bonds is 13. The number of benzene rings is 2.